The van der Waals surface area contributed by atoms with Gasteiger partial charge in [-0.25, -0.2) is 0 Å². The van der Waals surface area contributed by atoms with Gasteiger partial charge in [0.1, 0.15) is 5.75 Å². The minimum atomic E-state index is -0.171. The van der Waals surface area contributed by atoms with Crippen LogP contribution in [0.15, 0.2) is 42.5 Å². The molecule has 2 aromatic carbocycles. The maximum Gasteiger partial charge on any atom is 0.223 e. The first-order chi connectivity index (χ1) is 15.0. The molecule has 0 atom stereocenters. The van der Waals surface area contributed by atoms with Crippen LogP contribution < -0.4 is 4.74 Å². The second kappa shape index (κ2) is 9.12. The number of fused-ring (bicyclic) bond motifs is 1. The largest absolute Gasteiger partial charge is 0.496 e. The van der Waals surface area contributed by atoms with E-state index in [2.05, 4.69) is 10.2 Å². The van der Waals surface area contributed by atoms with Crippen molar-refractivity contribution in [3.63, 3.8) is 0 Å². The van der Waals surface area contributed by atoms with E-state index in [0.29, 0.717) is 40.9 Å². The molecule has 0 aliphatic carbocycles. The molecule has 1 aromatic heterocycles. The average molecular weight is 458 g/mol. The number of amides is 1. The van der Waals surface area contributed by atoms with E-state index in [0.717, 1.165) is 22.5 Å². The molecular formula is C23H21Cl2N3O3. The zero-order valence-corrected chi connectivity index (χ0v) is 18.5. The lowest BCUT2D eigenvalue weighted by Crippen LogP contribution is -2.36. The van der Waals surface area contributed by atoms with Gasteiger partial charge in [0.25, 0.3) is 0 Å². The van der Waals surface area contributed by atoms with Gasteiger partial charge in [0, 0.05) is 59.2 Å². The number of aromatic amines is 1. The van der Waals surface area contributed by atoms with Crippen molar-refractivity contribution in [2.75, 3.05) is 13.7 Å². The third kappa shape index (κ3) is 4.60. The number of methoxy groups -OCH3 is 1. The molecule has 1 N–H and O–H groups in total. The maximum atomic E-state index is 12.8. The second-order valence-corrected chi connectivity index (χ2v) is 8.24. The van der Waals surface area contributed by atoms with Crippen LogP contribution in [0.5, 0.6) is 5.75 Å². The Balaban J connectivity index is 1.44. The summed E-state index contributed by atoms with van der Waals surface area (Å²) in [6.07, 6.45) is 0.907. The molecule has 1 aliphatic rings. The average Bonchev–Trinajstić information content (AvgIpc) is 3.21. The first kappa shape index (κ1) is 21.4. The van der Waals surface area contributed by atoms with E-state index in [9.17, 15) is 9.59 Å². The highest BCUT2D eigenvalue weighted by atomic mass is 35.5. The number of aromatic nitrogens is 2. The van der Waals surface area contributed by atoms with Crippen molar-refractivity contribution in [2.45, 2.75) is 25.8 Å². The van der Waals surface area contributed by atoms with Crippen LogP contribution in [0, 0.1) is 0 Å². The molecule has 31 heavy (non-hydrogen) atoms. The Labute approximate surface area is 190 Å². The van der Waals surface area contributed by atoms with Crippen LogP contribution in [0.4, 0.5) is 0 Å². The third-order valence-electron chi connectivity index (χ3n) is 5.43. The van der Waals surface area contributed by atoms with Gasteiger partial charge in [0.15, 0.2) is 5.78 Å². The van der Waals surface area contributed by atoms with E-state index in [-0.39, 0.29) is 24.5 Å². The zero-order chi connectivity index (χ0) is 22.0. The van der Waals surface area contributed by atoms with Gasteiger partial charge in [0.05, 0.1) is 18.4 Å². The predicted molar refractivity (Wildman–Crippen MR) is 120 cm³/mol. The highest BCUT2D eigenvalue weighted by Gasteiger charge is 2.26. The van der Waals surface area contributed by atoms with Crippen molar-refractivity contribution >= 4 is 34.9 Å². The molecule has 0 radical (unpaired) electrons. The van der Waals surface area contributed by atoms with Crippen LogP contribution >= 0.6 is 23.2 Å². The Morgan fingerprint density at radius 3 is 2.58 bits per heavy atom. The monoisotopic (exact) mass is 457 g/mol. The number of halogens is 2. The molecule has 0 unspecified atom stereocenters. The first-order valence-corrected chi connectivity index (χ1v) is 10.7. The molecule has 3 aromatic rings. The molecule has 6 nitrogen and oxygen atoms in total. The van der Waals surface area contributed by atoms with E-state index >= 15 is 0 Å². The summed E-state index contributed by atoms with van der Waals surface area (Å²) in [6.45, 7) is 1.04. The fourth-order valence-corrected chi connectivity index (χ4v) is 4.06. The summed E-state index contributed by atoms with van der Waals surface area (Å²) < 4.78 is 5.24. The minimum Gasteiger partial charge on any atom is -0.496 e. The zero-order valence-electron chi connectivity index (χ0n) is 17.0. The number of ketones is 1. The Morgan fingerprint density at radius 2 is 1.84 bits per heavy atom. The van der Waals surface area contributed by atoms with Crippen LogP contribution in [-0.4, -0.2) is 40.4 Å². The molecule has 1 aliphatic heterocycles. The minimum absolute atomic E-state index is 0.0664. The summed E-state index contributed by atoms with van der Waals surface area (Å²) in [5, 5.41) is 8.64. The predicted octanol–water partition coefficient (Wildman–Crippen LogP) is 4.94. The number of nitrogens with one attached hydrogen (secondary N) is 1. The van der Waals surface area contributed by atoms with Gasteiger partial charge in [-0.15, -0.1) is 0 Å². The topological polar surface area (TPSA) is 75.3 Å². The fraction of sp³-hybridized carbons (Fsp3) is 0.261. The van der Waals surface area contributed by atoms with Gasteiger partial charge in [0.2, 0.25) is 5.91 Å². The molecule has 0 saturated heterocycles. The Kier molecular flexibility index (Phi) is 6.30. The smallest absolute Gasteiger partial charge is 0.223 e. The Morgan fingerprint density at radius 1 is 1.10 bits per heavy atom. The van der Waals surface area contributed by atoms with Crippen molar-refractivity contribution in [1.29, 1.82) is 0 Å². The van der Waals surface area contributed by atoms with Crippen LogP contribution in [0.25, 0.3) is 11.3 Å². The molecule has 8 heteroatoms. The standard InChI is InChI=1S/C23H21Cl2N3O3/c1-31-21-8-6-16(25)12-17(21)20(29)7-9-22(30)28-11-10-19-18(13-28)23(27-26-19)14-2-4-15(24)5-3-14/h2-6,8,12H,7,9-11,13H2,1H3,(H,26,27). The van der Waals surface area contributed by atoms with E-state index in [4.69, 9.17) is 27.9 Å². The van der Waals surface area contributed by atoms with E-state index in [1.807, 2.05) is 24.3 Å². The molecular weight excluding hydrogens is 437 g/mol. The molecule has 0 fully saturated rings. The van der Waals surface area contributed by atoms with Crippen molar-refractivity contribution in [2.24, 2.45) is 0 Å². The van der Waals surface area contributed by atoms with Gasteiger partial charge in [-0.1, -0.05) is 35.3 Å². The molecule has 4 rings (SSSR count). The lowest BCUT2D eigenvalue weighted by atomic mass is 10.00. The molecule has 160 valence electrons. The summed E-state index contributed by atoms with van der Waals surface area (Å²) in [5.41, 5.74) is 4.20. The number of benzene rings is 2. The van der Waals surface area contributed by atoms with Crippen molar-refractivity contribution in [3.8, 4) is 17.0 Å². The van der Waals surface area contributed by atoms with Crippen LogP contribution in [0.2, 0.25) is 10.0 Å². The summed E-state index contributed by atoms with van der Waals surface area (Å²) in [6, 6.07) is 12.4. The third-order valence-corrected chi connectivity index (χ3v) is 5.92. The number of carbonyl (C=O) groups excluding carboxylic acids is 2. The summed E-state index contributed by atoms with van der Waals surface area (Å²) in [7, 11) is 1.50. The van der Waals surface area contributed by atoms with Gasteiger partial charge >= 0.3 is 0 Å². The van der Waals surface area contributed by atoms with Gasteiger partial charge in [-0.05, 0) is 30.3 Å². The lowest BCUT2D eigenvalue weighted by Gasteiger charge is -2.27. The van der Waals surface area contributed by atoms with Crippen LogP contribution in [0.1, 0.15) is 34.5 Å². The van der Waals surface area contributed by atoms with Crippen molar-refractivity contribution < 1.29 is 14.3 Å². The number of rotatable bonds is 6. The van der Waals surface area contributed by atoms with Crippen LogP contribution in [0.3, 0.4) is 0 Å². The maximum absolute atomic E-state index is 12.8. The fourth-order valence-electron chi connectivity index (χ4n) is 3.77. The highest BCUT2D eigenvalue weighted by Crippen LogP contribution is 2.30. The number of H-pyrrole nitrogens is 1. The number of Topliss-reactive ketones (excluding diaryl/α,β-unsaturated/α-hetero) is 1. The second-order valence-electron chi connectivity index (χ2n) is 7.37. The number of nitrogens with zero attached hydrogens (tertiary/aromatic N) is 2. The number of carbonyl (C=O) groups is 2. The van der Waals surface area contributed by atoms with Crippen LogP contribution in [-0.2, 0) is 17.8 Å². The summed E-state index contributed by atoms with van der Waals surface area (Å²) >= 11 is 12.0. The van der Waals surface area contributed by atoms with Crippen molar-refractivity contribution in [3.05, 3.63) is 69.3 Å². The highest BCUT2D eigenvalue weighted by molar-refractivity contribution is 6.31. The quantitative estimate of drug-likeness (QED) is 0.531. The number of ether oxygens (including phenoxy) is 1. The molecule has 1 amide bonds. The summed E-state index contributed by atoms with van der Waals surface area (Å²) in [4.78, 5) is 27.3. The van der Waals surface area contributed by atoms with E-state index in [1.54, 1.807) is 23.1 Å². The van der Waals surface area contributed by atoms with E-state index < -0.39 is 0 Å². The molecule has 0 saturated carbocycles. The number of hydrogen-bond donors (Lipinski definition) is 1. The Bertz CT molecular complexity index is 1130. The van der Waals surface area contributed by atoms with Gasteiger partial charge < -0.3 is 9.64 Å². The lowest BCUT2D eigenvalue weighted by molar-refractivity contribution is -0.132. The van der Waals surface area contributed by atoms with Gasteiger partial charge in [-0.3, -0.25) is 14.7 Å². The molecule has 0 spiro atoms. The Hall–Kier alpha value is -2.83. The van der Waals surface area contributed by atoms with Crippen molar-refractivity contribution in [1.82, 2.24) is 15.1 Å². The number of hydrogen-bond acceptors (Lipinski definition) is 4. The van der Waals surface area contributed by atoms with Gasteiger partial charge in [-0.2, -0.15) is 5.10 Å². The molecule has 0 bridgehead atoms. The normalized spacial score (nSPS) is 13.1. The SMILES string of the molecule is COc1ccc(Cl)cc1C(=O)CCC(=O)N1CCc2[nH]nc(-c3ccc(Cl)cc3)c2C1. The van der Waals surface area contributed by atoms with E-state index in [1.165, 1.54) is 7.11 Å². The summed E-state index contributed by atoms with van der Waals surface area (Å²) in [5.74, 6) is 0.217. The first-order valence-electron chi connectivity index (χ1n) is 9.93. The molecule has 2 heterocycles.